The van der Waals surface area contributed by atoms with Crippen molar-refractivity contribution in [1.82, 2.24) is 4.90 Å². The molecule has 1 aromatic carbocycles. The molecule has 1 saturated heterocycles. The van der Waals surface area contributed by atoms with E-state index in [1.165, 1.54) is 6.42 Å². The van der Waals surface area contributed by atoms with Gasteiger partial charge in [0.25, 0.3) is 0 Å². The normalized spacial score (nSPS) is 18.1. The van der Waals surface area contributed by atoms with Gasteiger partial charge in [0.05, 0.1) is 12.8 Å². The first-order valence-electron chi connectivity index (χ1n) is 9.12. The van der Waals surface area contributed by atoms with Crippen molar-refractivity contribution in [2.24, 2.45) is 0 Å². The van der Waals surface area contributed by atoms with Gasteiger partial charge in [-0.25, -0.2) is 4.79 Å². The van der Waals surface area contributed by atoms with Gasteiger partial charge >= 0.3 is 6.03 Å². The van der Waals surface area contributed by atoms with Crippen LogP contribution in [0.2, 0.25) is 0 Å². The van der Waals surface area contributed by atoms with E-state index in [0.717, 1.165) is 37.1 Å². The van der Waals surface area contributed by atoms with Crippen LogP contribution in [0.15, 0.2) is 18.2 Å². The highest BCUT2D eigenvalue weighted by molar-refractivity contribution is 5.91. The molecule has 0 radical (unpaired) electrons. The molecular weight excluding hydrogens is 316 g/mol. The standard InChI is InChI=1S/C20H32N2O3/c1-20(2,3)15-9-10-18(25-5)17(14-15)21-19(23)22-12-7-6-8-16(22)11-13-24-4/h9-10,14,16H,6-8,11-13H2,1-5H3,(H,21,23)/t16-/m1/s1. The largest absolute Gasteiger partial charge is 0.495 e. The number of amides is 2. The molecule has 1 atom stereocenters. The number of nitrogens with zero attached hydrogens (tertiary/aromatic N) is 1. The van der Waals surface area contributed by atoms with E-state index in [1.807, 2.05) is 17.0 Å². The molecule has 5 heteroatoms. The zero-order valence-corrected chi connectivity index (χ0v) is 16.2. The minimum absolute atomic E-state index is 0.0118. The summed E-state index contributed by atoms with van der Waals surface area (Å²) in [6.45, 7) is 7.95. The van der Waals surface area contributed by atoms with Crippen molar-refractivity contribution in [1.29, 1.82) is 0 Å². The number of piperidine rings is 1. The number of hydrogen-bond acceptors (Lipinski definition) is 3. The van der Waals surface area contributed by atoms with Crippen LogP contribution in [0.3, 0.4) is 0 Å². The molecule has 2 rings (SSSR count). The summed E-state index contributed by atoms with van der Waals surface area (Å²) in [4.78, 5) is 14.8. The van der Waals surface area contributed by atoms with Crippen LogP contribution < -0.4 is 10.1 Å². The number of rotatable bonds is 5. The number of benzene rings is 1. The molecule has 1 aliphatic heterocycles. The number of carbonyl (C=O) groups is 1. The van der Waals surface area contributed by atoms with E-state index in [0.29, 0.717) is 12.4 Å². The number of likely N-dealkylation sites (tertiary alicyclic amines) is 1. The van der Waals surface area contributed by atoms with Crippen LogP contribution in [0.4, 0.5) is 10.5 Å². The van der Waals surface area contributed by atoms with Crippen LogP contribution in [0.1, 0.15) is 52.0 Å². The van der Waals surface area contributed by atoms with Crippen molar-refractivity contribution in [3.05, 3.63) is 23.8 Å². The molecule has 1 aliphatic rings. The van der Waals surface area contributed by atoms with E-state index in [-0.39, 0.29) is 17.5 Å². The maximum absolute atomic E-state index is 12.9. The summed E-state index contributed by atoms with van der Waals surface area (Å²) in [5, 5.41) is 3.07. The minimum atomic E-state index is -0.0508. The molecule has 0 saturated carbocycles. The SMILES string of the molecule is COCC[C@H]1CCCCN1C(=O)Nc1cc(C(C)(C)C)ccc1OC. The van der Waals surface area contributed by atoms with Gasteiger partial charge in [-0.1, -0.05) is 26.8 Å². The molecule has 140 valence electrons. The molecular formula is C20H32N2O3. The molecule has 0 spiro atoms. The van der Waals surface area contributed by atoms with Gasteiger partial charge in [-0.3, -0.25) is 0 Å². The Morgan fingerprint density at radius 1 is 1.28 bits per heavy atom. The molecule has 2 amide bonds. The van der Waals surface area contributed by atoms with E-state index in [2.05, 4.69) is 32.2 Å². The van der Waals surface area contributed by atoms with Gasteiger partial charge < -0.3 is 19.7 Å². The Hall–Kier alpha value is -1.75. The average Bonchev–Trinajstić information content (AvgIpc) is 2.59. The topological polar surface area (TPSA) is 50.8 Å². The third-order valence-corrected chi connectivity index (χ3v) is 4.85. The van der Waals surface area contributed by atoms with E-state index in [1.54, 1.807) is 14.2 Å². The van der Waals surface area contributed by atoms with Gasteiger partial charge in [-0.05, 0) is 48.8 Å². The first kappa shape index (κ1) is 19.6. The monoisotopic (exact) mass is 348 g/mol. The first-order valence-corrected chi connectivity index (χ1v) is 9.12. The van der Waals surface area contributed by atoms with Crippen LogP contribution in [0.5, 0.6) is 5.75 Å². The maximum Gasteiger partial charge on any atom is 0.322 e. The van der Waals surface area contributed by atoms with Crippen molar-refractivity contribution < 1.29 is 14.3 Å². The highest BCUT2D eigenvalue weighted by atomic mass is 16.5. The lowest BCUT2D eigenvalue weighted by atomic mass is 9.87. The van der Waals surface area contributed by atoms with Crippen LogP contribution in [0, 0.1) is 0 Å². The summed E-state index contributed by atoms with van der Waals surface area (Å²) < 4.78 is 10.6. The summed E-state index contributed by atoms with van der Waals surface area (Å²) in [6.07, 6.45) is 4.14. The van der Waals surface area contributed by atoms with E-state index >= 15 is 0 Å². The van der Waals surface area contributed by atoms with Crippen molar-refractivity contribution in [2.75, 3.05) is 32.7 Å². The summed E-state index contributed by atoms with van der Waals surface area (Å²) in [6, 6.07) is 6.19. The number of anilines is 1. The number of nitrogens with one attached hydrogen (secondary N) is 1. The van der Waals surface area contributed by atoms with E-state index < -0.39 is 0 Å². The van der Waals surface area contributed by atoms with Crippen LogP contribution in [-0.2, 0) is 10.2 Å². The second kappa shape index (κ2) is 8.56. The molecule has 25 heavy (non-hydrogen) atoms. The quantitative estimate of drug-likeness (QED) is 0.857. The van der Waals surface area contributed by atoms with Gasteiger partial charge in [0, 0.05) is 26.3 Å². The van der Waals surface area contributed by atoms with Crippen LogP contribution >= 0.6 is 0 Å². The van der Waals surface area contributed by atoms with Crippen molar-refractivity contribution in [2.45, 2.75) is 57.9 Å². The van der Waals surface area contributed by atoms with Gasteiger partial charge in [0.15, 0.2) is 0 Å². The summed E-state index contributed by atoms with van der Waals surface area (Å²) in [7, 11) is 3.33. The van der Waals surface area contributed by atoms with Gasteiger partial charge in [0.2, 0.25) is 0 Å². The Kier molecular flexibility index (Phi) is 6.71. The lowest BCUT2D eigenvalue weighted by molar-refractivity contribution is 0.123. The lowest BCUT2D eigenvalue weighted by Crippen LogP contribution is -2.46. The van der Waals surface area contributed by atoms with Crippen molar-refractivity contribution in [3.63, 3.8) is 0 Å². The fraction of sp³-hybridized carbons (Fsp3) is 0.650. The Morgan fingerprint density at radius 2 is 2.04 bits per heavy atom. The number of ether oxygens (including phenoxy) is 2. The Morgan fingerprint density at radius 3 is 2.68 bits per heavy atom. The fourth-order valence-corrected chi connectivity index (χ4v) is 3.28. The van der Waals surface area contributed by atoms with Gasteiger partial charge in [-0.15, -0.1) is 0 Å². The fourth-order valence-electron chi connectivity index (χ4n) is 3.28. The molecule has 0 bridgehead atoms. The summed E-state index contributed by atoms with van der Waals surface area (Å²) in [5.74, 6) is 0.687. The Bertz CT molecular complexity index is 581. The number of urea groups is 1. The zero-order valence-electron chi connectivity index (χ0n) is 16.2. The predicted octanol–water partition coefficient (Wildman–Crippen LogP) is 4.42. The molecule has 1 fully saturated rings. The Balaban J connectivity index is 2.17. The number of hydrogen-bond donors (Lipinski definition) is 1. The molecule has 1 heterocycles. The molecule has 1 N–H and O–H groups in total. The molecule has 1 aromatic rings. The molecule has 0 unspecified atom stereocenters. The van der Waals surface area contributed by atoms with E-state index in [9.17, 15) is 4.79 Å². The minimum Gasteiger partial charge on any atom is -0.495 e. The highest BCUT2D eigenvalue weighted by Gasteiger charge is 2.27. The van der Waals surface area contributed by atoms with Crippen LogP contribution in [0.25, 0.3) is 0 Å². The summed E-state index contributed by atoms with van der Waals surface area (Å²) >= 11 is 0. The second-order valence-corrected chi connectivity index (χ2v) is 7.72. The highest BCUT2D eigenvalue weighted by Crippen LogP contribution is 2.32. The van der Waals surface area contributed by atoms with Gasteiger partial charge in [-0.2, -0.15) is 0 Å². The molecule has 0 aliphatic carbocycles. The van der Waals surface area contributed by atoms with Crippen molar-refractivity contribution in [3.8, 4) is 5.75 Å². The van der Waals surface area contributed by atoms with Gasteiger partial charge in [0.1, 0.15) is 5.75 Å². The number of carbonyl (C=O) groups excluding carboxylic acids is 1. The predicted molar refractivity (Wildman–Crippen MR) is 102 cm³/mol. The van der Waals surface area contributed by atoms with E-state index in [4.69, 9.17) is 9.47 Å². The number of methoxy groups -OCH3 is 2. The Labute approximate surface area is 151 Å². The maximum atomic E-state index is 12.9. The third kappa shape index (κ3) is 5.11. The second-order valence-electron chi connectivity index (χ2n) is 7.72. The third-order valence-electron chi connectivity index (χ3n) is 4.85. The summed E-state index contributed by atoms with van der Waals surface area (Å²) in [5.41, 5.74) is 1.91. The molecule has 5 nitrogen and oxygen atoms in total. The zero-order chi connectivity index (χ0) is 18.4. The first-order chi connectivity index (χ1) is 11.9. The van der Waals surface area contributed by atoms with Crippen LogP contribution in [-0.4, -0.2) is 44.3 Å². The molecule has 0 aromatic heterocycles. The lowest BCUT2D eigenvalue weighted by Gasteiger charge is -2.36. The van der Waals surface area contributed by atoms with Crippen molar-refractivity contribution >= 4 is 11.7 Å². The average molecular weight is 348 g/mol. The smallest absolute Gasteiger partial charge is 0.322 e.